The minimum atomic E-state index is -0.141. The SMILES string of the molecule is O=C1c2cc3ccccc3cc2C(=O)c2cc3nnccc3cc21. The predicted molar refractivity (Wildman–Crippen MR) is 90.4 cm³/mol. The fourth-order valence-corrected chi connectivity index (χ4v) is 3.32. The maximum absolute atomic E-state index is 13.0. The third kappa shape index (κ3) is 1.68. The van der Waals surface area contributed by atoms with Crippen LogP contribution in [0.3, 0.4) is 0 Å². The lowest BCUT2D eigenvalue weighted by Gasteiger charge is -2.18. The van der Waals surface area contributed by atoms with E-state index in [-0.39, 0.29) is 11.6 Å². The van der Waals surface area contributed by atoms with Crippen molar-refractivity contribution in [1.82, 2.24) is 10.2 Å². The molecule has 4 nitrogen and oxygen atoms in total. The van der Waals surface area contributed by atoms with Gasteiger partial charge in [-0.05, 0) is 41.1 Å². The van der Waals surface area contributed by atoms with Crippen LogP contribution in [0.25, 0.3) is 21.7 Å². The van der Waals surface area contributed by atoms with Gasteiger partial charge in [0.15, 0.2) is 11.6 Å². The Balaban J connectivity index is 1.84. The molecule has 1 aliphatic carbocycles. The second-order valence-corrected chi connectivity index (χ2v) is 5.89. The summed E-state index contributed by atoms with van der Waals surface area (Å²) in [7, 11) is 0. The molecule has 0 saturated heterocycles. The molecule has 3 aromatic carbocycles. The fourth-order valence-electron chi connectivity index (χ4n) is 3.32. The van der Waals surface area contributed by atoms with Crippen molar-refractivity contribution in [3.63, 3.8) is 0 Å². The van der Waals surface area contributed by atoms with E-state index >= 15 is 0 Å². The van der Waals surface area contributed by atoms with E-state index in [1.807, 2.05) is 30.3 Å². The number of hydrogen-bond acceptors (Lipinski definition) is 4. The third-order valence-corrected chi connectivity index (χ3v) is 4.52. The number of carbonyl (C=O) groups excluding carboxylic acids is 2. The van der Waals surface area contributed by atoms with Gasteiger partial charge in [-0.1, -0.05) is 24.3 Å². The molecule has 0 atom stereocenters. The first-order valence-corrected chi connectivity index (χ1v) is 7.60. The molecule has 0 fully saturated rings. The number of fused-ring (bicyclic) bond motifs is 4. The molecule has 24 heavy (non-hydrogen) atoms. The van der Waals surface area contributed by atoms with E-state index in [9.17, 15) is 9.59 Å². The summed E-state index contributed by atoms with van der Waals surface area (Å²) in [5.74, 6) is -0.262. The molecule has 0 aliphatic heterocycles. The van der Waals surface area contributed by atoms with Crippen LogP contribution in [0.15, 0.2) is 60.8 Å². The van der Waals surface area contributed by atoms with Gasteiger partial charge in [-0.3, -0.25) is 9.59 Å². The van der Waals surface area contributed by atoms with Crippen LogP contribution < -0.4 is 0 Å². The highest BCUT2D eigenvalue weighted by Gasteiger charge is 2.30. The molecule has 0 N–H and O–H groups in total. The number of hydrogen-bond donors (Lipinski definition) is 0. The maximum Gasteiger partial charge on any atom is 0.194 e. The molecule has 0 saturated carbocycles. The number of rotatable bonds is 0. The number of nitrogens with zero attached hydrogens (tertiary/aromatic N) is 2. The number of carbonyl (C=O) groups is 2. The summed E-state index contributed by atoms with van der Waals surface area (Å²) in [6.07, 6.45) is 1.57. The zero-order valence-corrected chi connectivity index (χ0v) is 12.5. The lowest BCUT2D eigenvalue weighted by atomic mass is 9.82. The molecular formula is C20H10N2O2. The number of ketones is 2. The van der Waals surface area contributed by atoms with Crippen LogP contribution in [0.2, 0.25) is 0 Å². The van der Waals surface area contributed by atoms with Gasteiger partial charge in [-0.2, -0.15) is 10.2 Å². The Morgan fingerprint density at radius 3 is 1.79 bits per heavy atom. The van der Waals surface area contributed by atoms with E-state index in [2.05, 4.69) is 10.2 Å². The van der Waals surface area contributed by atoms with Crippen LogP contribution in [0, 0.1) is 0 Å². The first-order chi connectivity index (χ1) is 11.7. The summed E-state index contributed by atoms with van der Waals surface area (Å²) in [5, 5.41) is 10.6. The van der Waals surface area contributed by atoms with E-state index in [0.29, 0.717) is 27.8 Å². The zero-order chi connectivity index (χ0) is 16.3. The van der Waals surface area contributed by atoms with E-state index in [1.54, 1.807) is 30.5 Å². The molecule has 1 aromatic heterocycles. The van der Waals surface area contributed by atoms with Crippen LogP contribution in [-0.2, 0) is 0 Å². The van der Waals surface area contributed by atoms with Gasteiger partial charge >= 0.3 is 0 Å². The van der Waals surface area contributed by atoms with Crippen molar-refractivity contribution >= 4 is 33.2 Å². The van der Waals surface area contributed by atoms with Crippen molar-refractivity contribution in [2.24, 2.45) is 0 Å². The smallest absolute Gasteiger partial charge is 0.194 e. The molecule has 5 rings (SSSR count). The standard InChI is InChI=1S/C20H10N2O2/c23-19-14-7-11-3-1-2-4-12(11)8-15(14)20(24)17-10-18-13(9-16(17)19)5-6-21-22-18/h1-10H. The van der Waals surface area contributed by atoms with E-state index < -0.39 is 0 Å². The number of benzene rings is 3. The summed E-state index contributed by atoms with van der Waals surface area (Å²) in [4.78, 5) is 25.9. The monoisotopic (exact) mass is 310 g/mol. The Bertz CT molecular complexity index is 1010. The van der Waals surface area contributed by atoms with Crippen molar-refractivity contribution in [2.45, 2.75) is 0 Å². The van der Waals surface area contributed by atoms with Crippen LogP contribution in [0.4, 0.5) is 0 Å². The van der Waals surface area contributed by atoms with Crippen molar-refractivity contribution in [1.29, 1.82) is 0 Å². The van der Waals surface area contributed by atoms with E-state index in [0.717, 1.165) is 16.2 Å². The fraction of sp³-hybridized carbons (Fsp3) is 0. The summed E-state index contributed by atoms with van der Waals surface area (Å²) in [6, 6.07) is 16.5. The Morgan fingerprint density at radius 2 is 1.17 bits per heavy atom. The highest BCUT2D eigenvalue weighted by atomic mass is 16.1. The molecular weight excluding hydrogens is 300 g/mol. The quantitative estimate of drug-likeness (QED) is 0.439. The highest BCUT2D eigenvalue weighted by molar-refractivity contribution is 6.30. The van der Waals surface area contributed by atoms with Crippen molar-refractivity contribution < 1.29 is 9.59 Å². The molecule has 112 valence electrons. The highest BCUT2D eigenvalue weighted by Crippen LogP contribution is 2.32. The van der Waals surface area contributed by atoms with Gasteiger partial charge in [-0.15, -0.1) is 0 Å². The third-order valence-electron chi connectivity index (χ3n) is 4.52. The average Bonchev–Trinajstić information content (AvgIpc) is 2.64. The average molecular weight is 310 g/mol. The second kappa shape index (κ2) is 4.55. The van der Waals surface area contributed by atoms with Gasteiger partial charge in [-0.25, -0.2) is 0 Å². The molecule has 0 unspecified atom stereocenters. The maximum atomic E-state index is 13.0. The molecule has 1 aliphatic rings. The predicted octanol–water partition coefficient (Wildman–Crippen LogP) is 3.56. The molecule has 1 heterocycles. The van der Waals surface area contributed by atoms with Gasteiger partial charge in [0.2, 0.25) is 0 Å². The Labute approximate surface area is 136 Å². The minimum Gasteiger partial charge on any atom is -0.289 e. The van der Waals surface area contributed by atoms with Crippen molar-refractivity contribution in [2.75, 3.05) is 0 Å². The van der Waals surface area contributed by atoms with E-state index in [4.69, 9.17) is 0 Å². The van der Waals surface area contributed by atoms with Gasteiger partial charge in [0.25, 0.3) is 0 Å². The minimum absolute atomic E-state index is 0.121. The Kier molecular flexibility index (Phi) is 2.48. The molecule has 0 spiro atoms. The van der Waals surface area contributed by atoms with Gasteiger partial charge in [0, 0.05) is 27.6 Å². The lowest BCUT2D eigenvalue weighted by molar-refractivity contribution is 0.0979. The number of aromatic nitrogens is 2. The normalized spacial score (nSPS) is 13.2. The first kappa shape index (κ1) is 13.1. The molecule has 4 heteroatoms. The Hall–Kier alpha value is -3.40. The van der Waals surface area contributed by atoms with Crippen LogP contribution >= 0.6 is 0 Å². The summed E-state index contributed by atoms with van der Waals surface area (Å²) in [5.41, 5.74) is 2.36. The Morgan fingerprint density at radius 1 is 0.625 bits per heavy atom. The van der Waals surface area contributed by atoms with Gasteiger partial charge in [0.05, 0.1) is 11.7 Å². The summed E-state index contributed by atoms with van der Waals surface area (Å²) < 4.78 is 0. The van der Waals surface area contributed by atoms with E-state index in [1.165, 1.54) is 0 Å². The van der Waals surface area contributed by atoms with Gasteiger partial charge < -0.3 is 0 Å². The zero-order valence-electron chi connectivity index (χ0n) is 12.5. The van der Waals surface area contributed by atoms with Gasteiger partial charge in [0.1, 0.15) is 0 Å². The second-order valence-electron chi connectivity index (χ2n) is 5.89. The van der Waals surface area contributed by atoms with Crippen molar-refractivity contribution in [3.05, 3.63) is 83.0 Å². The molecule has 0 amide bonds. The largest absolute Gasteiger partial charge is 0.289 e. The van der Waals surface area contributed by atoms with Crippen LogP contribution in [0.5, 0.6) is 0 Å². The topological polar surface area (TPSA) is 59.9 Å². The van der Waals surface area contributed by atoms with Crippen LogP contribution in [-0.4, -0.2) is 21.8 Å². The van der Waals surface area contributed by atoms with Crippen molar-refractivity contribution in [3.8, 4) is 0 Å². The van der Waals surface area contributed by atoms with Crippen LogP contribution in [0.1, 0.15) is 31.8 Å². The first-order valence-electron chi connectivity index (χ1n) is 7.60. The summed E-state index contributed by atoms with van der Waals surface area (Å²) in [6.45, 7) is 0. The molecule has 0 bridgehead atoms. The lowest BCUT2D eigenvalue weighted by Crippen LogP contribution is -2.21. The summed E-state index contributed by atoms with van der Waals surface area (Å²) >= 11 is 0. The molecule has 4 aromatic rings. The molecule has 0 radical (unpaired) electrons.